The molecule has 1 aromatic heterocycles. The first-order chi connectivity index (χ1) is 13.9. The zero-order chi connectivity index (χ0) is 20.3. The average molecular weight is 393 g/mol. The van der Waals surface area contributed by atoms with E-state index in [2.05, 4.69) is 5.16 Å². The van der Waals surface area contributed by atoms with Crippen molar-refractivity contribution in [2.75, 3.05) is 18.5 Å². The zero-order valence-corrected chi connectivity index (χ0v) is 16.7. The van der Waals surface area contributed by atoms with E-state index in [-0.39, 0.29) is 17.9 Å². The van der Waals surface area contributed by atoms with Crippen LogP contribution in [0.2, 0.25) is 0 Å². The fraction of sp³-hybridized carbons (Fsp3) is 0.409. The van der Waals surface area contributed by atoms with Gasteiger partial charge in [0.05, 0.1) is 31.0 Å². The monoisotopic (exact) mass is 393 g/mol. The van der Waals surface area contributed by atoms with Gasteiger partial charge in [-0.3, -0.25) is 9.59 Å². The first-order valence-electron chi connectivity index (χ1n) is 9.80. The van der Waals surface area contributed by atoms with Gasteiger partial charge >= 0.3 is 0 Å². The highest BCUT2D eigenvalue weighted by molar-refractivity contribution is 6.03. The molecule has 2 aromatic rings. The van der Waals surface area contributed by atoms with E-state index >= 15 is 0 Å². The number of fused-ring (bicyclic) bond motifs is 1. The number of amides is 2. The van der Waals surface area contributed by atoms with Gasteiger partial charge in [-0.15, -0.1) is 0 Å². The molecule has 2 fully saturated rings. The lowest BCUT2D eigenvalue weighted by atomic mass is 9.76. The lowest BCUT2D eigenvalue weighted by Gasteiger charge is -2.27. The minimum atomic E-state index is -0.727. The molecular formula is C22H23N3O4. The molecule has 5 rings (SSSR count). The maximum atomic E-state index is 13.4. The largest absolute Gasteiger partial charge is 0.364 e. The van der Waals surface area contributed by atoms with Crippen LogP contribution in [0.5, 0.6) is 0 Å². The van der Waals surface area contributed by atoms with Crippen molar-refractivity contribution in [3.05, 3.63) is 59.5 Å². The van der Waals surface area contributed by atoms with Crippen LogP contribution in [0.4, 0.5) is 5.69 Å². The molecule has 0 saturated carbocycles. The minimum absolute atomic E-state index is 0.0479. The summed E-state index contributed by atoms with van der Waals surface area (Å²) in [7, 11) is 1.72. The van der Waals surface area contributed by atoms with Crippen molar-refractivity contribution >= 4 is 17.5 Å². The number of nitrogens with zero attached hydrogens (tertiary/aromatic N) is 3. The molecule has 0 aliphatic carbocycles. The van der Waals surface area contributed by atoms with E-state index in [1.54, 1.807) is 22.9 Å². The molecule has 0 radical (unpaired) electrons. The Hall–Kier alpha value is -2.93. The number of aryl methyl sites for hydroxylation is 2. The van der Waals surface area contributed by atoms with Crippen molar-refractivity contribution in [2.45, 2.75) is 32.1 Å². The second kappa shape index (κ2) is 6.29. The molecule has 150 valence electrons. The number of hydrogen-bond acceptors (Lipinski definition) is 5. The Morgan fingerprint density at radius 2 is 2.14 bits per heavy atom. The van der Waals surface area contributed by atoms with E-state index in [9.17, 15) is 9.59 Å². The minimum Gasteiger partial charge on any atom is -0.364 e. The third kappa shape index (κ3) is 2.64. The summed E-state index contributed by atoms with van der Waals surface area (Å²) in [4.78, 5) is 30.1. The molecule has 2 bridgehead atoms. The van der Waals surface area contributed by atoms with Crippen LogP contribution >= 0.6 is 0 Å². The molecule has 3 aliphatic heterocycles. The summed E-state index contributed by atoms with van der Waals surface area (Å²) in [6.45, 7) is 4.84. The molecule has 7 nitrogen and oxygen atoms in total. The molecular weight excluding hydrogens is 370 g/mol. The number of hydrogen-bond donors (Lipinski definition) is 0. The zero-order valence-electron chi connectivity index (χ0n) is 16.7. The highest BCUT2D eigenvalue weighted by Gasteiger charge is 2.67. The summed E-state index contributed by atoms with van der Waals surface area (Å²) < 4.78 is 11.1. The highest BCUT2D eigenvalue weighted by atomic mass is 16.5. The topological polar surface area (TPSA) is 75.9 Å². The lowest BCUT2D eigenvalue weighted by Crippen LogP contribution is -2.44. The van der Waals surface area contributed by atoms with E-state index in [4.69, 9.17) is 9.26 Å². The van der Waals surface area contributed by atoms with E-state index in [1.165, 1.54) is 11.8 Å². The fourth-order valence-corrected chi connectivity index (χ4v) is 4.79. The Bertz CT molecular complexity index is 1020. The first kappa shape index (κ1) is 18.1. The van der Waals surface area contributed by atoms with Gasteiger partial charge in [0.2, 0.25) is 11.8 Å². The molecule has 1 spiro atoms. The normalized spacial score (nSPS) is 29.6. The Morgan fingerprint density at radius 3 is 2.86 bits per heavy atom. The molecule has 0 unspecified atom stereocenters. The van der Waals surface area contributed by atoms with Crippen molar-refractivity contribution in [1.82, 2.24) is 10.1 Å². The second-order valence-corrected chi connectivity index (χ2v) is 8.28. The van der Waals surface area contributed by atoms with Crippen molar-refractivity contribution in [2.24, 2.45) is 11.8 Å². The van der Waals surface area contributed by atoms with Gasteiger partial charge in [-0.1, -0.05) is 23.4 Å². The van der Waals surface area contributed by atoms with Crippen LogP contribution < -0.4 is 4.90 Å². The molecule has 2 saturated heterocycles. The number of rotatable bonds is 4. The van der Waals surface area contributed by atoms with Crippen molar-refractivity contribution in [1.29, 1.82) is 0 Å². The average Bonchev–Trinajstić information content (AvgIpc) is 3.46. The van der Waals surface area contributed by atoms with Gasteiger partial charge in [-0.2, -0.15) is 0 Å². The predicted molar refractivity (Wildman–Crippen MR) is 105 cm³/mol. The number of carbonyl (C=O) groups is 2. The standard InChI is InChI=1S/C22H23N3O4/c1-13-4-5-16(10-14(13)2)25-12-22-8-6-17(29-22)18(19(22)21(25)27)20(26)24(3)11-15-7-9-28-23-15/h4-10,17-19H,11-12H2,1-3H3/t17-,18+,19-,22-/m0/s1. The third-order valence-corrected chi connectivity index (χ3v) is 6.45. The van der Waals surface area contributed by atoms with Gasteiger partial charge in [0, 0.05) is 18.8 Å². The summed E-state index contributed by atoms with van der Waals surface area (Å²) in [5.41, 5.74) is 3.10. The van der Waals surface area contributed by atoms with Gasteiger partial charge in [0.15, 0.2) is 0 Å². The summed E-state index contributed by atoms with van der Waals surface area (Å²) in [5.74, 6) is -1.19. The number of benzene rings is 1. The summed E-state index contributed by atoms with van der Waals surface area (Å²) in [6.07, 6.45) is 5.02. The Balaban J connectivity index is 1.43. The van der Waals surface area contributed by atoms with Gasteiger partial charge in [-0.05, 0) is 37.1 Å². The lowest BCUT2D eigenvalue weighted by molar-refractivity contribution is -0.139. The van der Waals surface area contributed by atoms with Gasteiger partial charge in [0.1, 0.15) is 17.6 Å². The van der Waals surface area contributed by atoms with Crippen molar-refractivity contribution < 1.29 is 18.8 Å². The number of aromatic nitrogens is 1. The molecule has 4 atom stereocenters. The third-order valence-electron chi connectivity index (χ3n) is 6.45. The predicted octanol–water partition coefficient (Wildman–Crippen LogP) is 2.24. The summed E-state index contributed by atoms with van der Waals surface area (Å²) in [5, 5.41) is 3.87. The van der Waals surface area contributed by atoms with Crippen LogP contribution in [0.15, 0.2) is 47.2 Å². The SMILES string of the molecule is Cc1ccc(N2C[C@]34C=C[C@H](O3)[C@@H](C(=O)N(C)Cc3ccon3)[C@H]4C2=O)cc1C. The van der Waals surface area contributed by atoms with Gasteiger partial charge in [-0.25, -0.2) is 0 Å². The maximum absolute atomic E-state index is 13.4. The van der Waals surface area contributed by atoms with Crippen LogP contribution in [0.3, 0.4) is 0 Å². The molecule has 1 aromatic carbocycles. The molecule has 4 heterocycles. The first-order valence-corrected chi connectivity index (χ1v) is 9.80. The summed E-state index contributed by atoms with van der Waals surface area (Å²) in [6, 6.07) is 7.73. The number of carbonyl (C=O) groups excluding carboxylic acids is 2. The molecule has 2 amide bonds. The van der Waals surface area contributed by atoms with E-state index < -0.39 is 17.4 Å². The van der Waals surface area contributed by atoms with Crippen LogP contribution in [-0.2, 0) is 20.9 Å². The van der Waals surface area contributed by atoms with Gasteiger partial charge in [0.25, 0.3) is 0 Å². The highest BCUT2D eigenvalue weighted by Crippen LogP contribution is 2.53. The van der Waals surface area contributed by atoms with Gasteiger partial charge < -0.3 is 19.1 Å². The molecule has 3 aliphatic rings. The Labute approximate surface area is 168 Å². The van der Waals surface area contributed by atoms with E-state index in [1.807, 2.05) is 44.2 Å². The number of anilines is 1. The fourth-order valence-electron chi connectivity index (χ4n) is 4.79. The van der Waals surface area contributed by atoms with E-state index in [0.717, 1.165) is 11.3 Å². The van der Waals surface area contributed by atoms with Crippen LogP contribution in [0.1, 0.15) is 16.8 Å². The van der Waals surface area contributed by atoms with Crippen LogP contribution in [0, 0.1) is 25.7 Å². The van der Waals surface area contributed by atoms with Crippen molar-refractivity contribution in [3.8, 4) is 0 Å². The quantitative estimate of drug-likeness (QED) is 0.745. The summed E-state index contributed by atoms with van der Waals surface area (Å²) >= 11 is 0. The maximum Gasteiger partial charge on any atom is 0.234 e. The second-order valence-electron chi connectivity index (χ2n) is 8.28. The van der Waals surface area contributed by atoms with Crippen LogP contribution in [-0.4, -0.2) is 47.2 Å². The molecule has 0 N–H and O–H groups in total. The molecule has 29 heavy (non-hydrogen) atoms. The number of ether oxygens (including phenoxy) is 1. The van der Waals surface area contributed by atoms with Crippen LogP contribution in [0.25, 0.3) is 0 Å². The Morgan fingerprint density at radius 1 is 1.31 bits per heavy atom. The molecule has 7 heteroatoms. The smallest absolute Gasteiger partial charge is 0.234 e. The van der Waals surface area contributed by atoms with Crippen molar-refractivity contribution in [3.63, 3.8) is 0 Å². The Kier molecular flexibility index (Phi) is 3.93. The van der Waals surface area contributed by atoms with E-state index in [0.29, 0.717) is 18.8 Å².